The molecule has 0 unspecified atom stereocenters. The van der Waals surface area contributed by atoms with Crippen molar-refractivity contribution in [3.8, 4) is 0 Å². The van der Waals surface area contributed by atoms with E-state index in [9.17, 15) is 0 Å². The Morgan fingerprint density at radius 1 is 1.24 bits per heavy atom. The van der Waals surface area contributed by atoms with E-state index in [0.29, 0.717) is 0 Å². The fourth-order valence-electron chi connectivity index (χ4n) is 2.26. The van der Waals surface area contributed by atoms with Crippen molar-refractivity contribution in [3.63, 3.8) is 0 Å². The zero-order valence-corrected chi connectivity index (χ0v) is 11.8. The Kier molecular flexibility index (Phi) is 6.60. The lowest BCUT2D eigenvalue weighted by Crippen LogP contribution is -2.53. The van der Waals surface area contributed by atoms with Crippen LogP contribution in [0.5, 0.6) is 0 Å². The van der Waals surface area contributed by atoms with Gasteiger partial charge >= 0.3 is 0 Å². The second-order valence-corrected chi connectivity index (χ2v) is 5.26. The van der Waals surface area contributed by atoms with Crippen LogP contribution in [0.1, 0.15) is 27.2 Å². The summed E-state index contributed by atoms with van der Waals surface area (Å²) in [6.07, 6.45) is 1.25. The Morgan fingerprint density at radius 3 is 2.24 bits per heavy atom. The Hall–Kier alpha value is -0.540. The van der Waals surface area contributed by atoms with Crippen molar-refractivity contribution in [2.75, 3.05) is 45.8 Å². The van der Waals surface area contributed by atoms with Crippen LogP contribution in [-0.2, 0) is 0 Å². The van der Waals surface area contributed by atoms with E-state index in [1.807, 2.05) is 0 Å². The molecular formula is C14H29N3. The van der Waals surface area contributed by atoms with Gasteiger partial charge in [-0.05, 0) is 6.92 Å². The van der Waals surface area contributed by atoms with Gasteiger partial charge in [-0.15, -0.1) is 0 Å². The second kappa shape index (κ2) is 7.72. The van der Waals surface area contributed by atoms with Gasteiger partial charge in [-0.25, -0.2) is 0 Å². The Balaban J connectivity index is 0.000000437. The molecule has 2 saturated heterocycles. The zero-order chi connectivity index (χ0) is 12.7. The SMILES string of the molecule is C=C(C)N1CC(CN2CCNCC2)C1.CCC. The third kappa shape index (κ3) is 5.09. The van der Waals surface area contributed by atoms with Crippen LogP contribution >= 0.6 is 0 Å². The largest absolute Gasteiger partial charge is 0.375 e. The molecule has 100 valence electrons. The second-order valence-electron chi connectivity index (χ2n) is 5.26. The molecule has 17 heavy (non-hydrogen) atoms. The molecule has 2 heterocycles. The van der Waals surface area contributed by atoms with Crippen LogP contribution in [-0.4, -0.2) is 55.6 Å². The van der Waals surface area contributed by atoms with Crippen LogP contribution in [0.15, 0.2) is 12.3 Å². The molecule has 0 radical (unpaired) electrons. The van der Waals surface area contributed by atoms with Gasteiger partial charge in [0, 0.05) is 57.4 Å². The lowest BCUT2D eigenvalue weighted by atomic mass is 9.98. The van der Waals surface area contributed by atoms with Crippen molar-refractivity contribution in [2.45, 2.75) is 27.2 Å². The maximum absolute atomic E-state index is 3.96. The first-order valence-electron chi connectivity index (χ1n) is 7.00. The molecule has 3 heteroatoms. The average Bonchev–Trinajstić information content (AvgIpc) is 2.25. The summed E-state index contributed by atoms with van der Waals surface area (Å²) in [7, 11) is 0. The lowest BCUT2D eigenvalue weighted by Gasteiger charge is -2.44. The molecule has 0 amide bonds. The number of nitrogens with zero attached hydrogens (tertiary/aromatic N) is 2. The first kappa shape index (κ1) is 14.5. The summed E-state index contributed by atoms with van der Waals surface area (Å²) in [6, 6.07) is 0. The van der Waals surface area contributed by atoms with Gasteiger partial charge in [-0.2, -0.15) is 0 Å². The molecule has 2 aliphatic heterocycles. The maximum Gasteiger partial charge on any atom is 0.0232 e. The van der Waals surface area contributed by atoms with Gasteiger partial charge in [0.2, 0.25) is 0 Å². The molecule has 0 saturated carbocycles. The first-order valence-corrected chi connectivity index (χ1v) is 7.00. The fourth-order valence-corrected chi connectivity index (χ4v) is 2.26. The summed E-state index contributed by atoms with van der Waals surface area (Å²) in [6.45, 7) is 18.8. The van der Waals surface area contributed by atoms with E-state index in [1.165, 1.54) is 44.8 Å². The van der Waals surface area contributed by atoms with Gasteiger partial charge in [0.25, 0.3) is 0 Å². The average molecular weight is 239 g/mol. The smallest absolute Gasteiger partial charge is 0.0232 e. The zero-order valence-electron chi connectivity index (χ0n) is 11.8. The highest BCUT2D eigenvalue weighted by Gasteiger charge is 2.27. The summed E-state index contributed by atoms with van der Waals surface area (Å²) in [5.41, 5.74) is 1.22. The van der Waals surface area contributed by atoms with E-state index in [-0.39, 0.29) is 0 Å². The standard InChI is InChI=1S/C11H21N3.C3H8/c1-10(2)14-8-11(9-14)7-13-5-3-12-4-6-13;1-3-2/h11-12H,1,3-9H2,2H3;3H2,1-2H3. The van der Waals surface area contributed by atoms with E-state index < -0.39 is 0 Å². The minimum Gasteiger partial charge on any atom is -0.375 e. The predicted molar refractivity (Wildman–Crippen MR) is 75.2 cm³/mol. The normalized spacial score (nSPS) is 21.5. The predicted octanol–water partition coefficient (Wildman–Crippen LogP) is 1.77. The minimum absolute atomic E-state index is 0.879. The number of hydrogen-bond acceptors (Lipinski definition) is 3. The molecule has 0 aromatic heterocycles. The molecule has 2 rings (SSSR count). The van der Waals surface area contributed by atoms with Crippen molar-refractivity contribution in [1.82, 2.24) is 15.1 Å². The Bertz CT molecular complexity index is 216. The molecule has 1 N–H and O–H groups in total. The van der Waals surface area contributed by atoms with Crippen molar-refractivity contribution in [2.24, 2.45) is 5.92 Å². The summed E-state index contributed by atoms with van der Waals surface area (Å²) < 4.78 is 0. The van der Waals surface area contributed by atoms with Gasteiger partial charge in [0.05, 0.1) is 0 Å². The van der Waals surface area contributed by atoms with E-state index in [2.05, 4.69) is 42.5 Å². The number of nitrogens with one attached hydrogen (secondary N) is 1. The Labute approximate surface area is 107 Å². The molecule has 0 aromatic carbocycles. The molecule has 0 atom stereocenters. The quantitative estimate of drug-likeness (QED) is 0.810. The molecule has 0 aromatic rings. The van der Waals surface area contributed by atoms with Gasteiger partial charge in [-0.1, -0.05) is 26.8 Å². The van der Waals surface area contributed by atoms with E-state index in [1.54, 1.807) is 0 Å². The van der Waals surface area contributed by atoms with Crippen molar-refractivity contribution >= 4 is 0 Å². The highest BCUT2D eigenvalue weighted by atomic mass is 15.2. The van der Waals surface area contributed by atoms with Crippen LogP contribution in [0.4, 0.5) is 0 Å². The summed E-state index contributed by atoms with van der Waals surface area (Å²) in [4.78, 5) is 4.95. The molecule has 0 spiro atoms. The van der Waals surface area contributed by atoms with Crippen molar-refractivity contribution in [3.05, 3.63) is 12.3 Å². The van der Waals surface area contributed by atoms with Crippen LogP contribution in [0.3, 0.4) is 0 Å². The highest BCUT2D eigenvalue weighted by molar-refractivity contribution is 4.97. The van der Waals surface area contributed by atoms with Crippen LogP contribution in [0.25, 0.3) is 0 Å². The fraction of sp³-hybridized carbons (Fsp3) is 0.857. The summed E-state index contributed by atoms with van der Waals surface area (Å²) in [5.74, 6) is 0.879. The lowest BCUT2D eigenvalue weighted by molar-refractivity contribution is 0.0918. The third-order valence-corrected chi connectivity index (χ3v) is 3.22. The van der Waals surface area contributed by atoms with E-state index in [0.717, 1.165) is 19.0 Å². The van der Waals surface area contributed by atoms with Gasteiger partial charge in [-0.3, -0.25) is 0 Å². The molecule has 2 fully saturated rings. The van der Waals surface area contributed by atoms with E-state index >= 15 is 0 Å². The number of allylic oxidation sites excluding steroid dienone is 1. The first-order chi connectivity index (χ1) is 8.17. The maximum atomic E-state index is 3.96. The van der Waals surface area contributed by atoms with Crippen LogP contribution in [0, 0.1) is 5.92 Å². The van der Waals surface area contributed by atoms with Crippen LogP contribution in [0.2, 0.25) is 0 Å². The number of rotatable bonds is 3. The van der Waals surface area contributed by atoms with Crippen molar-refractivity contribution < 1.29 is 0 Å². The monoisotopic (exact) mass is 239 g/mol. The molecule has 2 aliphatic rings. The third-order valence-electron chi connectivity index (χ3n) is 3.22. The molecule has 3 nitrogen and oxygen atoms in total. The number of piperazine rings is 1. The van der Waals surface area contributed by atoms with E-state index in [4.69, 9.17) is 0 Å². The topological polar surface area (TPSA) is 18.5 Å². The van der Waals surface area contributed by atoms with Gasteiger partial charge in [0.15, 0.2) is 0 Å². The van der Waals surface area contributed by atoms with Crippen LogP contribution < -0.4 is 5.32 Å². The molecular weight excluding hydrogens is 210 g/mol. The Morgan fingerprint density at radius 2 is 1.76 bits per heavy atom. The summed E-state index contributed by atoms with van der Waals surface area (Å²) >= 11 is 0. The van der Waals surface area contributed by atoms with Crippen molar-refractivity contribution in [1.29, 1.82) is 0 Å². The van der Waals surface area contributed by atoms with Gasteiger partial charge in [0.1, 0.15) is 0 Å². The number of likely N-dealkylation sites (tertiary alicyclic amines) is 1. The highest BCUT2D eigenvalue weighted by Crippen LogP contribution is 2.20. The molecule has 0 bridgehead atoms. The van der Waals surface area contributed by atoms with Gasteiger partial charge < -0.3 is 15.1 Å². The summed E-state index contributed by atoms with van der Waals surface area (Å²) in [5, 5.41) is 3.38. The molecule has 0 aliphatic carbocycles. The minimum atomic E-state index is 0.879. The number of hydrogen-bond donors (Lipinski definition) is 1.